The Bertz CT molecular complexity index is 984. The number of Topliss-reactive ketones (excluding diaryl/α,β-unsaturated/α-hetero) is 1. The molecule has 2 aromatic carbocycles. The first kappa shape index (κ1) is 22.5. The summed E-state index contributed by atoms with van der Waals surface area (Å²) in [6, 6.07) is 12.9. The molecule has 0 bridgehead atoms. The summed E-state index contributed by atoms with van der Waals surface area (Å²) in [7, 11) is 1.52. The monoisotopic (exact) mass is 423 g/mol. The molecule has 1 amide bonds. The van der Waals surface area contributed by atoms with Gasteiger partial charge in [-0.15, -0.1) is 0 Å². The summed E-state index contributed by atoms with van der Waals surface area (Å²) >= 11 is 0. The number of ketones is 1. The average molecular weight is 424 g/mol. The van der Waals surface area contributed by atoms with Gasteiger partial charge in [-0.1, -0.05) is 32.0 Å². The summed E-state index contributed by atoms with van der Waals surface area (Å²) in [5.41, 5.74) is 3.12. The third kappa shape index (κ3) is 4.95. The maximum Gasteiger partial charge on any atom is 0.311 e. The molecule has 0 unspecified atom stereocenters. The molecular weight excluding hydrogens is 394 g/mol. The third-order valence-electron chi connectivity index (χ3n) is 5.89. The molecule has 0 spiro atoms. The molecule has 2 atom stereocenters. The van der Waals surface area contributed by atoms with Gasteiger partial charge < -0.3 is 14.4 Å². The number of para-hydroxylation sites is 1. The molecule has 2 aromatic rings. The zero-order chi connectivity index (χ0) is 22.5. The predicted molar refractivity (Wildman–Crippen MR) is 118 cm³/mol. The van der Waals surface area contributed by atoms with E-state index in [9.17, 15) is 14.4 Å². The molecule has 1 heterocycles. The van der Waals surface area contributed by atoms with E-state index in [2.05, 4.69) is 13.8 Å². The van der Waals surface area contributed by atoms with Crippen LogP contribution in [0.5, 0.6) is 5.75 Å². The molecule has 1 aliphatic heterocycles. The quantitative estimate of drug-likeness (QED) is 0.461. The Hall–Kier alpha value is -3.15. The highest BCUT2D eigenvalue weighted by atomic mass is 16.5. The maximum absolute atomic E-state index is 12.7. The van der Waals surface area contributed by atoms with E-state index in [-0.39, 0.29) is 24.7 Å². The molecule has 0 N–H and O–H groups in total. The number of anilines is 1. The highest BCUT2D eigenvalue weighted by molar-refractivity contribution is 6.00. The van der Waals surface area contributed by atoms with Crippen molar-refractivity contribution in [3.8, 4) is 5.75 Å². The van der Waals surface area contributed by atoms with Crippen molar-refractivity contribution in [3.63, 3.8) is 0 Å². The minimum absolute atomic E-state index is 0.0166. The van der Waals surface area contributed by atoms with E-state index in [0.717, 1.165) is 17.7 Å². The van der Waals surface area contributed by atoms with Crippen LogP contribution in [-0.4, -0.2) is 31.3 Å². The molecule has 3 rings (SSSR count). The second-order valence-corrected chi connectivity index (χ2v) is 7.96. The summed E-state index contributed by atoms with van der Waals surface area (Å²) in [6.07, 6.45) is 1.09. The molecule has 1 aliphatic rings. The zero-order valence-electron chi connectivity index (χ0n) is 18.5. The van der Waals surface area contributed by atoms with E-state index in [1.807, 2.05) is 24.3 Å². The Balaban J connectivity index is 1.71. The van der Waals surface area contributed by atoms with Gasteiger partial charge in [0, 0.05) is 29.8 Å². The van der Waals surface area contributed by atoms with Gasteiger partial charge in [-0.25, -0.2) is 0 Å². The van der Waals surface area contributed by atoms with Crippen LogP contribution in [0.1, 0.15) is 61.0 Å². The number of esters is 1. The lowest BCUT2D eigenvalue weighted by Crippen LogP contribution is -2.27. The van der Waals surface area contributed by atoms with Crippen molar-refractivity contribution >= 4 is 23.3 Å². The first-order chi connectivity index (χ1) is 14.8. The normalized spacial score (nSPS) is 16.8. The van der Waals surface area contributed by atoms with E-state index >= 15 is 0 Å². The Labute approximate surface area is 183 Å². The van der Waals surface area contributed by atoms with Crippen molar-refractivity contribution < 1.29 is 23.9 Å². The topological polar surface area (TPSA) is 72.9 Å². The first-order valence-corrected chi connectivity index (χ1v) is 10.6. The van der Waals surface area contributed by atoms with Gasteiger partial charge in [0.25, 0.3) is 0 Å². The van der Waals surface area contributed by atoms with Crippen LogP contribution in [0.25, 0.3) is 0 Å². The number of rotatable bonds is 8. The Morgan fingerprint density at radius 3 is 2.61 bits per heavy atom. The van der Waals surface area contributed by atoms with E-state index in [1.165, 1.54) is 14.0 Å². The van der Waals surface area contributed by atoms with Crippen LogP contribution < -0.4 is 9.64 Å². The van der Waals surface area contributed by atoms with Gasteiger partial charge in [0.1, 0.15) is 12.4 Å². The van der Waals surface area contributed by atoms with Crippen molar-refractivity contribution in [1.82, 2.24) is 0 Å². The number of hydrogen-bond donors (Lipinski definition) is 0. The summed E-state index contributed by atoms with van der Waals surface area (Å²) < 4.78 is 10.8. The van der Waals surface area contributed by atoms with Gasteiger partial charge in [-0.3, -0.25) is 14.4 Å². The number of carbonyl (C=O) groups excluding carboxylic acids is 3. The summed E-state index contributed by atoms with van der Waals surface area (Å²) in [6.45, 7) is 6.01. The molecule has 6 nitrogen and oxygen atoms in total. The van der Waals surface area contributed by atoms with E-state index in [0.29, 0.717) is 29.3 Å². The Kier molecular flexibility index (Phi) is 7.10. The number of carbonyl (C=O) groups is 3. The third-order valence-corrected chi connectivity index (χ3v) is 5.89. The molecule has 0 aromatic heterocycles. The van der Waals surface area contributed by atoms with Crippen LogP contribution in [-0.2, 0) is 20.9 Å². The van der Waals surface area contributed by atoms with Crippen molar-refractivity contribution in [2.75, 3.05) is 18.6 Å². The molecule has 1 saturated heterocycles. The molecule has 164 valence electrons. The van der Waals surface area contributed by atoms with Crippen LogP contribution in [0, 0.1) is 5.92 Å². The molecule has 0 radical (unpaired) electrons. The summed E-state index contributed by atoms with van der Waals surface area (Å²) in [5, 5.41) is 0. The van der Waals surface area contributed by atoms with E-state index < -0.39 is 11.9 Å². The van der Waals surface area contributed by atoms with Gasteiger partial charge in [-0.05, 0) is 49.1 Å². The van der Waals surface area contributed by atoms with Crippen LogP contribution in [0.3, 0.4) is 0 Å². The van der Waals surface area contributed by atoms with Crippen LogP contribution >= 0.6 is 0 Å². The summed E-state index contributed by atoms with van der Waals surface area (Å²) in [4.78, 5) is 38.8. The summed E-state index contributed by atoms with van der Waals surface area (Å²) in [5.74, 6) is -0.242. The standard InChI is InChI=1S/C25H29NO5/c1-5-16(2)21-8-6-7-9-22(21)26-14-19(13-24(26)28)25(29)31-15-20-12-18(17(3)27)10-11-23(20)30-4/h6-12,16,19H,5,13-15H2,1-4H3/t16-,19-/m1/s1. The fraction of sp³-hybridized carbons (Fsp3) is 0.400. The number of ether oxygens (including phenoxy) is 2. The second kappa shape index (κ2) is 9.77. The minimum atomic E-state index is -0.528. The number of amides is 1. The van der Waals surface area contributed by atoms with Crippen molar-refractivity contribution in [3.05, 3.63) is 59.2 Å². The number of methoxy groups -OCH3 is 1. The highest BCUT2D eigenvalue weighted by Gasteiger charge is 2.37. The molecule has 31 heavy (non-hydrogen) atoms. The maximum atomic E-state index is 12.7. The van der Waals surface area contributed by atoms with Crippen LogP contribution in [0.4, 0.5) is 5.69 Å². The van der Waals surface area contributed by atoms with Gasteiger partial charge in [0.05, 0.1) is 13.0 Å². The molecular formula is C25H29NO5. The number of benzene rings is 2. The number of nitrogens with zero attached hydrogens (tertiary/aromatic N) is 1. The lowest BCUT2D eigenvalue weighted by molar-refractivity contribution is -0.149. The SMILES string of the molecule is CC[C@@H](C)c1ccccc1N1C[C@H](C(=O)OCc2cc(C(C)=O)ccc2OC)CC1=O. The Morgan fingerprint density at radius 2 is 1.94 bits per heavy atom. The van der Waals surface area contributed by atoms with Gasteiger partial charge in [-0.2, -0.15) is 0 Å². The van der Waals surface area contributed by atoms with Gasteiger partial charge in [0.15, 0.2) is 5.78 Å². The minimum Gasteiger partial charge on any atom is -0.496 e. The lowest BCUT2D eigenvalue weighted by atomic mass is 9.96. The first-order valence-electron chi connectivity index (χ1n) is 10.6. The fourth-order valence-electron chi connectivity index (χ4n) is 3.85. The van der Waals surface area contributed by atoms with Crippen molar-refractivity contribution in [1.29, 1.82) is 0 Å². The lowest BCUT2D eigenvalue weighted by Gasteiger charge is -2.23. The molecule has 0 aliphatic carbocycles. The van der Waals surface area contributed by atoms with Crippen molar-refractivity contribution in [2.24, 2.45) is 5.92 Å². The average Bonchev–Trinajstić information content (AvgIpc) is 3.18. The molecule has 0 saturated carbocycles. The van der Waals surface area contributed by atoms with Crippen molar-refractivity contribution in [2.45, 2.75) is 46.1 Å². The largest absolute Gasteiger partial charge is 0.496 e. The van der Waals surface area contributed by atoms with E-state index in [4.69, 9.17) is 9.47 Å². The van der Waals surface area contributed by atoms with E-state index in [1.54, 1.807) is 23.1 Å². The smallest absolute Gasteiger partial charge is 0.311 e. The van der Waals surface area contributed by atoms with Crippen LogP contribution in [0.2, 0.25) is 0 Å². The highest BCUT2D eigenvalue weighted by Crippen LogP contribution is 2.34. The van der Waals surface area contributed by atoms with Gasteiger partial charge >= 0.3 is 5.97 Å². The molecule has 1 fully saturated rings. The Morgan fingerprint density at radius 1 is 1.19 bits per heavy atom. The van der Waals surface area contributed by atoms with Crippen LogP contribution in [0.15, 0.2) is 42.5 Å². The predicted octanol–water partition coefficient (Wildman–Crippen LogP) is 4.51. The second-order valence-electron chi connectivity index (χ2n) is 7.96. The molecule has 6 heteroatoms. The number of hydrogen-bond acceptors (Lipinski definition) is 5. The van der Waals surface area contributed by atoms with Gasteiger partial charge in [0.2, 0.25) is 5.91 Å². The zero-order valence-corrected chi connectivity index (χ0v) is 18.5. The fourth-order valence-corrected chi connectivity index (χ4v) is 3.85.